The van der Waals surface area contributed by atoms with Gasteiger partial charge in [0.05, 0.1) is 0 Å². The van der Waals surface area contributed by atoms with Gasteiger partial charge >= 0.3 is 6.16 Å². The Morgan fingerprint density at radius 2 is 1.70 bits per heavy atom. The molecule has 4 heteroatoms. The molecule has 2 aromatic carbocycles. The molecule has 23 heavy (non-hydrogen) atoms. The number of hydrogen-bond acceptors (Lipinski definition) is 3. The number of carboxylic acid groups (broad SMARTS) is 1. The van der Waals surface area contributed by atoms with Crippen LogP contribution in [0.2, 0.25) is 0 Å². The Bertz CT molecular complexity index is 639. The molecule has 1 atom stereocenters. The fraction of sp³-hybridized carbons (Fsp3) is 0.316. The van der Waals surface area contributed by atoms with E-state index in [2.05, 4.69) is 0 Å². The lowest BCUT2D eigenvalue weighted by Gasteiger charge is -2.35. The quantitative estimate of drug-likeness (QED) is 0.588. The van der Waals surface area contributed by atoms with Crippen molar-refractivity contribution in [1.82, 2.24) is 0 Å². The minimum Gasteiger partial charge on any atom is -0.449 e. The zero-order valence-corrected chi connectivity index (χ0v) is 13.5. The maximum absolute atomic E-state index is 11.0. The van der Waals surface area contributed by atoms with E-state index in [-0.39, 0.29) is 0 Å². The maximum Gasteiger partial charge on any atom is 0.511 e. The molecule has 122 valence electrons. The first-order valence-corrected chi connectivity index (χ1v) is 7.83. The summed E-state index contributed by atoms with van der Waals surface area (Å²) in [6.45, 7) is 4.65. The first-order valence-electron chi connectivity index (χ1n) is 7.83. The first kappa shape index (κ1) is 17.0. The molecule has 1 N–H and O–H groups in total. The molecule has 0 aromatic heterocycles. The molecule has 0 aliphatic carbocycles. The van der Waals surface area contributed by atoms with Crippen LogP contribution < -0.4 is 4.74 Å². The van der Waals surface area contributed by atoms with Gasteiger partial charge in [-0.05, 0) is 24.5 Å². The van der Waals surface area contributed by atoms with E-state index in [1.54, 1.807) is 12.1 Å². The molecule has 2 aromatic rings. The average Bonchev–Trinajstić information content (AvgIpc) is 2.57. The van der Waals surface area contributed by atoms with Crippen molar-refractivity contribution < 1.29 is 19.4 Å². The molecular formula is C19H22O4. The highest BCUT2D eigenvalue weighted by Gasteiger charge is 2.36. The van der Waals surface area contributed by atoms with E-state index in [4.69, 9.17) is 14.6 Å². The van der Waals surface area contributed by atoms with Gasteiger partial charge in [0.15, 0.2) is 0 Å². The van der Waals surface area contributed by atoms with E-state index in [9.17, 15) is 4.79 Å². The number of hydrogen-bond donors (Lipinski definition) is 1. The van der Waals surface area contributed by atoms with Crippen LogP contribution in [0.15, 0.2) is 54.6 Å². The predicted octanol–water partition coefficient (Wildman–Crippen LogP) is 4.82. The van der Waals surface area contributed by atoms with Gasteiger partial charge in [-0.1, -0.05) is 62.4 Å². The highest BCUT2D eigenvalue weighted by Crippen LogP contribution is 2.41. The normalized spacial score (nSPS) is 13.3. The molecule has 0 saturated heterocycles. The van der Waals surface area contributed by atoms with Gasteiger partial charge in [0.25, 0.3) is 0 Å². The molecule has 2 rings (SSSR count). The van der Waals surface area contributed by atoms with Crippen LogP contribution in [0.4, 0.5) is 4.79 Å². The molecule has 0 spiro atoms. The summed E-state index contributed by atoms with van der Waals surface area (Å²) in [5, 5.41) is 9.01. The third-order valence-corrected chi connectivity index (χ3v) is 3.81. The SMILES string of the molecule is CCCOC(CC)(c1ccccc1)c1ccccc1OC(=O)O. The van der Waals surface area contributed by atoms with Crippen molar-refractivity contribution in [2.75, 3.05) is 6.61 Å². The lowest BCUT2D eigenvalue weighted by atomic mass is 9.83. The Kier molecular flexibility index (Phi) is 5.77. The zero-order chi connectivity index (χ0) is 16.7. The molecule has 1 unspecified atom stereocenters. The monoisotopic (exact) mass is 314 g/mol. The summed E-state index contributed by atoms with van der Waals surface area (Å²) in [5.41, 5.74) is 0.977. The van der Waals surface area contributed by atoms with Crippen LogP contribution in [0, 0.1) is 0 Å². The largest absolute Gasteiger partial charge is 0.511 e. The Balaban J connectivity index is 2.60. The van der Waals surface area contributed by atoms with Gasteiger partial charge in [0.2, 0.25) is 0 Å². The summed E-state index contributed by atoms with van der Waals surface area (Å²) >= 11 is 0. The average molecular weight is 314 g/mol. The number of para-hydroxylation sites is 1. The number of ether oxygens (including phenoxy) is 2. The summed E-state index contributed by atoms with van der Waals surface area (Å²) < 4.78 is 11.2. The third-order valence-electron chi connectivity index (χ3n) is 3.81. The van der Waals surface area contributed by atoms with Crippen molar-refractivity contribution in [3.63, 3.8) is 0 Å². The second kappa shape index (κ2) is 7.79. The van der Waals surface area contributed by atoms with E-state index in [1.165, 1.54) is 0 Å². The molecule has 0 aliphatic heterocycles. The van der Waals surface area contributed by atoms with Crippen LogP contribution in [-0.4, -0.2) is 17.9 Å². The van der Waals surface area contributed by atoms with Crippen LogP contribution in [-0.2, 0) is 10.3 Å². The minimum absolute atomic E-state index is 0.307. The standard InChI is InChI=1S/C19H22O4/c1-3-14-22-19(4-2,15-10-6-5-7-11-15)16-12-8-9-13-17(16)23-18(20)21/h5-13H,3-4,14H2,1-2H3,(H,20,21). The predicted molar refractivity (Wildman–Crippen MR) is 88.9 cm³/mol. The summed E-state index contributed by atoms with van der Waals surface area (Å²) in [4.78, 5) is 11.0. The zero-order valence-electron chi connectivity index (χ0n) is 13.5. The molecule has 0 heterocycles. The second-order valence-corrected chi connectivity index (χ2v) is 5.26. The van der Waals surface area contributed by atoms with E-state index in [0.29, 0.717) is 18.8 Å². The topological polar surface area (TPSA) is 55.8 Å². The van der Waals surface area contributed by atoms with Crippen molar-refractivity contribution >= 4 is 6.16 Å². The van der Waals surface area contributed by atoms with Crippen molar-refractivity contribution in [1.29, 1.82) is 0 Å². The molecular weight excluding hydrogens is 292 g/mol. The van der Waals surface area contributed by atoms with E-state index in [1.807, 2.05) is 56.3 Å². The molecule has 0 saturated carbocycles. The summed E-state index contributed by atoms with van der Waals surface area (Å²) in [5.74, 6) is 0.307. The van der Waals surface area contributed by atoms with Gasteiger partial charge in [-0.25, -0.2) is 4.79 Å². The van der Waals surface area contributed by atoms with Crippen molar-refractivity contribution in [2.24, 2.45) is 0 Å². The lowest BCUT2D eigenvalue weighted by molar-refractivity contribution is -0.0226. The fourth-order valence-electron chi connectivity index (χ4n) is 2.78. The molecule has 0 bridgehead atoms. The van der Waals surface area contributed by atoms with Crippen molar-refractivity contribution in [2.45, 2.75) is 32.3 Å². The van der Waals surface area contributed by atoms with E-state index >= 15 is 0 Å². The summed E-state index contributed by atoms with van der Waals surface area (Å²) in [6.07, 6.45) is 0.207. The van der Waals surface area contributed by atoms with Crippen LogP contribution in [0.1, 0.15) is 37.8 Å². The van der Waals surface area contributed by atoms with Gasteiger partial charge in [0, 0.05) is 12.2 Å². The molecule has 0 fully saturated rings. The Hall–Kier alpha value is -2.33. The van der Waals surface area contributed by atoms with Crippen LogP contribution in [0.25, 0.3) is 0 Å². The van der Waals surface area contributed by atoms with E-state index < -0.39 is 11.8 Å². The second-order valence-electron chi connectivity index (χ2n) is 5.26. The number of carbonyl (C=O) groups is 1. The van der Waals surface area contributed by atoms with Crippen LogP contribution in [0.3, 0.4) is 0 Å². The molecule has 4 nitrogen and oxygen atoms in total. The fourth-order valence-corrected chi connectivity index (χ4v) is 2.78. The molecule has 0 radical (unpaired) electrons. The van der Waals surface area contributed by atoms with Gasteiger partial charge in [-0.2, -0.15) is 0 Å². The number of benzene rings is 2. The lowest BCUT2D eigenvalue weighted by Crippen LogP contribution is -2.32. The Labute approximate surface area is 136 Å². The Morgan fingerprint density at radius 3 is 2.30 bits per heavy atom. The van der Waals surface area contributed by atoms with E-state index in [0.717, 1.165) is 17.5 Å². The summed E-state index contributed by atoms with van der Waals surface area (Å²) in [6, 6.07) is 17.0. The first-order chi connectivity index (χ1) is 11.1. The van der Waals surface area contributed by atoms with Crippen LogP contribution in [0.5, 0.6) is 5.75 Å². The molecule has 0 amide bonds. The smallest absolute Gasteiger partial charge is 0.449 e. The highest BCUT2D eigenvalue weighted by molar-refractivity contribution is 5.63. The van der Waals surface area contributed by atoms with Gasteiger partial charge < -0.3 is 14.6 Å². The minimum atomic E-state index is -1.33. The van der Waals surface area contributed by atoms with Crippen molar-refractivity contribution in [3.8, 4) is 5.75 Å². The third kappa shape index (κ3) is 3.71. The van der Waals surface area contributed by atoms with Crippen LogP contribution >= 0.6 is 0 Å². The molecule has 0 aliphatic rings. The Morgan fingerprint density at radius 1 is 1.04 bits per heavy atom. The highest BCUT2D eigenvalue weighted by atomic mass is 16.7. The van der Waals surface area contributed by atoms with Gasteiger partial charge in [-0.15, -0.1) is 0 Å². The number of rotatable bonds is 7. The summed E-state index contributed by atoms with van der Waals surface area (Å²) in [7, 11) is 0. The van der Waals surface area contributed by atoms with Crippen molar-refractivity contribution in [3.05, 3.63) is 65.7 Å². The van der Waals surface area contributed by atoms with Gasteiger partial charge in [-0.3, -0.25) is 0 Å². The maximum atomic E-state index is 11.0. The van der Waals surface area contributed by atoms with Gasteiger partial charge in [0.1, 0.15) is 11.4 Å².